The van der Waals surface area contributed by atoms with E-state index in [0.29, 0.717) is 11.5 Å². The van der Waals surface area contributed by atoms with Gasteiger partial charge < -0.3 is 0 Å². The van der Waals surface area contributed by atoms with E-state index >= 15 is 0 Å². The van der Waals surface area contributed by atoms with Gasteiger partial charge in [0.25, 0.3) is 0 Å². The van der Waals surface area contributed by atoms with Crippen molar-refractivity contribution in [1.29, 1.82) is 0 Å². The van der Waals surface area contributed by atoms with E-state index in [1.165, 1.54) is 30.5 Å². The lowest BCUT2D eigenvalue weighted by Gasteiger charge is -2.26. The van der Waals surface area contributed by atoms with Crippen molar-refractivity contribution in [1.82, 2.24) is 10.4 Å². The van der Waals surface area contributed by atoms with Crippen LogP contribution in [0.2, 0.25) is 0 Å². The summed E-state index contributed by atoms with van der Waals surface area (Å²) < 4.78 is 13.6. The zero-order valence-corrected chi connectivity index (χ0v) is 10.5. The van der Waals surface area contributed by atoms with Gasteiger partial charge in [-0.05, 0) is 42.8 Å². The third-order valence-electron chi connectivity index (χ3n) is 3.29. The van der Waals surface area contributed by atoms with Crippen LogP contribution in [-0.4, -0.2) is 16.5 Å². The minimum atomic E-state index is -0.277. The van der Waals surface area contributed by atoms with Gasteiger partial charge in [0.2, 0.25) is 0 Å². The number of pyridine rings is 1. The second-order valence-electron chi connectivity index (χ2n) is 4.41. The molecule has 0 saturated carbocycles. The van der Waals surface area contributed by atoms with E-state index in [1.807, 2.05) is 11.8 Å². The first kappa shape index (κ1) is 12.8. The molecule has 1 unspecified atom stereocenters. The molecule has 1 aromatic rings. The maximum atomic E-state index is 13.6. The molecular weight excluding hydrogens is 237 g/mol. The smallest absolute Gasteiger partial charge is 0.146 e. The highest BCUT2D eigenvalue weighted by Crippen LogP contribution is 2.31. The van der Waals surface area contributed by atoms with Crippen LogP contribution < -0.4 is 11.3 Å². The molecule has 0 radical (unpaired) electrons. The van der Waals surface area contributed by atoms with Gasteiger partial charge in [0.1, 0.15) is 5.82 Å². The van der Waals surface area contributed by atoms with Gasteiger partial charge in [0.05, 0.1) is 6.20 Å². The fraction of sp³-hybridized carbons (Fsp3) is 0.583. The standard InChI is InChI=1S/C12H18FN3S/c13-11-8-15-4-1-10(11)12(16-14)7-9-2-5-17-6-3-9/h1,4,8-9,12,16H,2-3,5-7,14H2. The highest BCUT2D eigenvalue weighted by atomic mass is 32.2. The average Bonchev–Trinajstić information content (AvgIpc) is 2.38. The van der Waals surface area contributed by atoms with Crippen LogP contribution in [0.4, 0.5) is 4.39 Å². The molecule has 0 bridgehead atoms. The number of nitrogens with one attached hydrogen (secondary N) is 1. The molecule has 2 rings (SSSR count). The lowest BCUT2D eigenvalue weighted by molar-refractivity contribution is 0.366. The van der Waals surface area contributed by atoms with Crippen LogP contribution in [0.3, 0.4) is 0 Å². The van der Waals surface area contributed by atoms with E-state index in [4.69, 9.17) is 5.84 Å². The third-order valence-corrected chi connectivity index (χ3v) is 4.34. The number of aromatic nitrogens is 1. The molecule has 0 aromatic carbocycles. The summed E-state index contributed by atoms with van der Waals surface area (Å²) in [6, 6.07) is 1.60. The Kier molecular flexibility index (Phi) is 4.76. The Bertz CT molecular complexity index is 355. The number of thioether (sulfide) groups is 1. The van der Waals surface area contributed by atoms with Crippen LogP contribution in [0.15, 0.2) is 18.5 Å². The number of hydrazine groups is 1. The number of nitrogens with two attached hydrogens (primary N) is 1. The zero-order chi connectivity index (χ0) is 12.1. The van der Waals surface area contributed by atoms with Crippen molar-refractivity contribution in [3.63, 3.8) is 0 Å². The van der Waals surface area contributed by atoms with E-state index in [2.05, 4.69) is 10.4 Å². The van der Waals surface area contributed by atoms with Gasteiger partial charge in [-0.25, -0.2) is 4.39 Å². The Balaban J connectivity index is 2.03. The topological polar surface area (TPSA) is 50.9 Å². The second kappa shape index (κ2) is 6.33. The first-order valence-electron chi connectivity index (χ1n) is 5.94. The van der Waals surface area contributed by atoms with E-state index in [9.17, 15) is 4.39 Å². The lowest BCUT2D eigenvalue weighted by atomic mass is 9.91. The van der Waals surface area contributed by atoms with Gasteiger partial charge in [-0.3, -0.25) is 16.3 Å². The van der Waals surface area contributed by atoms with Crippen LogP contribution >= 0.6 is 11.8 Å². The fourth-order valence-corrected chi connectivity index (χ4v) is 3.47. The molecule has 1 aliphatic rings. The summed E-state index contributed by atoms with van der Waals surface area (Å²) in [6.45, 7) is 0. The Morgan fingerprint density at radius 1 is 1.53 bits per heavy atom. The van der Waals surface area contributed by atoms with Crippen molar-refractivity contribution < 1.29 is 4.39 Å². The van der Waals surface area contributed by atoms with Gasteiger partial charge in [-0.1, -0.05) is 0 Å². The fourth-order valence-electron chi connectivity index (χ4n) is 2.27. The van der Waals surface area contributed by atoms with Crippen molar-refractivity contribution in [2.45, 2.75) is 25.3 Å². The van der Waals surface area contributed by atoms with Crippen molar-refractivity contribution in [2.24, 2.45) is 11.8 Å². The van der Waals surface area contributed by atoms with Crippen LogP contribution in [0, 0.1) is 11.7 Å². The van der Waals surface area contributed by atoms with Gasteiger partial charge in [-0.15, -0.1) is 0 Å². The molecule has 3 N–H and O–H groups in total. The zero-order valence-electron chi connectivity index (χ0n) is 9.73. The van der Waals surface area contributed by atoms with E-state index in [-0.39, 0.29) is 11.9 Å². The maximum Gasteiger partial charge on any atom is 0.146 e. The average molecular weight is 255 g/mol. The Morgan fingerprint density at radius 2 is 2.29 bits per heavy atom. The molecule has 17 heavy (non-hydrogen) atoms. The van der Waals surface area contributed by atoms with Crippen molar-refractivity contribution in [3.05, 3.63) is 29.8 Å². The SMILES string of the molecule is NNC(CC1CCSCC1)c1ccncc1F. The molecule has 1 aliphatic heterocycles. The first-order valence-corrected chi connectivity index (χ1v) is 7.10. The maximum absolute atomic E-state index is 13.6. The third kappa shape index (κ3) is 3.40. The highest BCUT2D eigenvalue weighted by molar-refractivity contribution is 7.99. The molecule has 0 aliphatic carbocycles. The summed E-state index contributed by atoms with van der Waals surface area (Å²) in [5.41, 5.74) is 3.36. The largest absolute Gasteiger partial charge is 0.271 e. The molecular formula is C12H18FN3S. The highest BCUT2D eigenvalue weighted by Gasteiger charge is 2.21. The molecule has 1 fully saturated rings. The number of hydrogen-bond acceptors (Lipinski definition) is 4. The summed E-state index contributed by atoms with van der Waals surface area (Å²) in [5.74, 6) is 8.33. The molecule has 0 amide bonds. The van der Waals surface area contributed by atoms with Crippen molar-refractivity contribution in [3.8, 4) is 0 Å². The molecule has 1 atom stereocenters. The number of nitrogens with zero attached hydrogens (tertiary/aromatic N) is 1. The second-order valence-corrected chi connectivity index (χ2v) is 5.63. The van der Waals surface area contributed by atoms with E-state index < -0.39 is 0 Å². The summed E-state index contributed by atoms with van der Waals surface area (Å²) in [5, 5.41) is 0. The number of rotatable bonds is 4. The Morgan fingerprint density at radius 3 is 2.94 bits per heavy atom. The monoisotopic (exact) mass is 255 g/mol. The Hall–Kier alpha value is -0.650. The van der Waals surface area contributed by atoms with Gasteiger partial charge in [0.15, 0.2) is 0 Å². The lowest BCUT2D eigenvalue weighted by Crippen LogP contribution is -2.31. The predicted octanol–water partition coefficient (Wildman–Crippen LogP) is 2.26. The minimum absolute atomic E-state index is 0.105. The molecule has 1 saturated heterocycles. The van der Waals surface area contributed by atoms with Gasteiger partial charge >= 0.3 is 0 Å². The van der Waals surface area contributed by atoms with E-state index in [0.717, 1.165) is 6.42 Å². The quantitative estimate of drug-likeness (QED) is 0.640. The normalized spacial score (nSPS) is 19.2. The number of halogens is 1. The molecule has 3 nitrogen and oxygen atoms in total. The molecule has 5 heteroatoms. The number of hydrogen-bond donors (Lipinski definition) is 2. The minimum Gasteiger partial charge on any atom is -0.271 e. The molecule has 0 spiro atoms. The van der Waals surface area contributed by atoms with Crippen LogP contribution in [-0.2, 0) is 0 Å². The first-order chi connectivity index (χ1) is 8.31. The summed E-state index contributed by atoms with van der Waals surface area (Å²) >= 11 is 2.00. The summed E-state index contributed by atoms with van der Waals surface area (Å²) in [7, 11) is 0. The van der Waals surface area contributed by atoms with Gasteiger partial charge in [-0.2, -0.15) is 11.8 Å². The molecule has 2 heterocycles. The van der Waals surface area contributed by atoms with E-state index in [1.54, 1.807) is 12.3 Å². The molecule has 94 valence electrons. The van der Waals surface area contributed by atoms with Crippen LogP contribution in [0.25, 0.3) is 0 Å². The molecule has 1 aromatic heterocycles. The van der Waals surface area contributed by atoms with Gasteiger partial charge in [0, 0.05) is 17.8 Å². The van der Waals surface area contributed by atoms with Crippen molar-refractivity contribution >= 4 is 11.8 Å². The predicted molar refractivity (Wildman–Crippen MR) is 68.9 cm³/mol. The van der Waals surface area contributed by atoms with Crippen LogP contribution in [0.5, 0.6) is 0 Å². The Labute approximate surface area is 105 Å². The summed E-state index contributed by atoms with van der Waals surface area (Å²) in [6.07, 6.45) is 6.17. The van der Waals surface area contributed by atoms with Crippen molar-refractivity contribution in [2.75, 3.05) is 11.5 Å². The van der Waals surface area contributed by atoms with Crippen LogP contribution in [0.1, 0.15) is 30.9 Å². The summed E-state index contributed by atoms with van der Waals surface area (Å²) in [4.78, 5) is 3.76.